The smallest absolute Gasteiger partial charge is 0.265 e. The maximum atomic E-state index is 13.8. The molecule has 1 N–H and O–H groups in total. The second-order valence-corrected chi connectivity index (χ2v) is 8.48. The molecule has 0 aliphatic rings. The van der Waals surface area contributed by atoms with Crippen LogP contribution in [0.4, 0.5) is 24.5 Å². The summed E-state index contributed by atoms with van der Waals surface area (Å²) in [7, 11) is -2.81. The molecule has 30 heavy (non-hydrogen) atoms. The van der Waals surface area contributed by atoms with Gasteiger partial charge in [0.25, 0.3) is 15.9 Å². The molecule has 156 valence electrons. The zero-order valence-corrected chi connectivity index (χ0v) is 16.9. The molecule has 0 aliphatic heterocycles. The monoisotopic (exact) mass is 454 g/mol. The van der Waals surface area contributed by atoms with E-state index in [0.717, 1.165) is 16.4 Å². The first-order valence-electron chi connectivity index (χ1n) is 8.41. The average Bonchev–Trinajstić information content (AvgIpc) is 2.74. The summed E-state index contributed by atoms with van der Waals surface area (Å²) in [4.78, 5) is 12.1. The van der Waals surface area contributed by atoms with Crippen LogP contribution in [0.15, 0.2) is 65.6 Å². The quantitative estimate of drug-likeness (QED) is 0.561. The number of amides is 1. The van der Waals surface area contributed by atoms with E-state index in [9.17, 15) is 26.4 Å². The minimum atomic E-state index is -4.13. The highest BCUT2D eigenvalue weighted by molar-refractivity contribution is 7.93. The van der Waals surface area contributed by atoms with Gasteiger partial charge in [-0.25, -0.2) is 21.6 Å². The molecule has 0 spiro atoms. The number of hydrogen-bond acceptors (Lipinski definition) is 3. The molecule has 0 heterocycles. The van der Waals surface area contributed by atoms with E-state index in [1.165, 1.54) is 19.2 Å². The number of para-hydroxylation sites is 1. The SMILES string of the molecule is CN(c1ccccc1)S(=O)(=O)c1cc(C(=O)Nc2ccc(F)c(F)c2F)ccc1Cl. The molecule has 0 saturated heterocycles. The maximum Gasteiger partial charge on any atom is 0.265 e. The lowest BCUT2D eigenvalue weighted by Crippen LogP contribution is -2.27. The van der Waals surface area contributed by atoms with E-state index in [-0.39, 0.29) is 15.5 Å². The van der Waals surface area contributed by atoms with Gasteiger partial charge in [-0.05, 0) is 42.5 Å². The summed E-state index contributed by atoms with van der Waals surface area (Å²) < 4.78 is 67.2. The van der Waals surface area contributed by atoms with E-state index in [1.807, 2.05) is 0 Å². The van der Waals surface area contributed by atoms with E-state index >= 15 is 0 Å². The molecule has 5 nitrogen and oxygen atoms in total. The molecule has 0 aliphatic carbocycles. The summed E-state index contributed by atoms with van der Waals surface area (Å²) in [6, 6.07) is 13.1. The van der Waals surface area contributed by atoms with Crippen LogP contribution in [0.25, 0.3) is 0 Å². The molecule has 0 fully saturated rings. The number of rotatable bonds is 5. The lowest BCUT2D eigenvalue weighted by atomic mass is 10.2. The van der Waals surface area contributed by atoms with Crippen LogP contribution in [0.5, 0.6) is 0 Å². The third-order valence-corrected chi connectivity index (χ3v) is 6.50. The highest BCUT2D eigenvalue weighted by atomic mass is 35.5. The molecule has 3 aromatic carbocycles. The fourth-order valence-electron chi connectivity index (χ4n) is 2.58. The number of hydrogen-bond donors (Lipinski definition) is 1. The summed E-state index contributed by atoms with van der Waals surface area (Å²) in [5.41, 5.74) is -0.407. The van der Waals surface area contributed by atoms with Crippen LogP contribution in [0, 0.1) is 17.5 Å². The van der Waals surface area contributed by atoms with Gasteiger partial charge in [0.05, 0.1) is 16.4 Å². The van der Waals surface area contributed by atoms with Crippen molar-refractivity contribution in [3.8, 4) is 0 Å². The van der Waals surface area contributed by atoms with Crippen molar-refractivity contribution in [1.29, 1.82) is 0 Å². The fourth-order valence-corrected chi connectivity index (χ4v) is 4.28. The standard InChI is InChI=1S/C20H14ClF3N2O3S/c1-26(13-5-3-2-4-6-13)30(28,29)17-11-12(7-8-14(17)21)20(27)25-16-10-9-15(22)18(23)19(16)24/h2-11H,1H3,(H,25,27). The summed E-state index contributed by atoms with van der Waals surface area (Å²) in [6.07, 6.45) is 0. The van der Waals surface area contributed by atoms with Crippen LogP contribution in [-0.4, -0.2) is 21.4 Å². The molecular formula is C20H14ClF3N2O3S. The van der Waals surface area contributed by atoms with Crippen molar-refractivity contribution < 1.29 is 26.4 Å². The lowest BCUT2D eigenvalue weighted by Gasteiger charge is -2.20. The van der Waals surface area contributed by atoms with E-state index in [4.69, 9.17) is 11.6 Å². The Kier molecular flexibility index (Phi) is 6.04. The van der Waals surface area contributed by atoms with Crippen LogP contribution in [-0.2, 0) is 10.0 Å². The minimum Gasteiger partial charge on any atom is -0.319 e. The van der Waals surface area contributed by atoms with Crippen LogP contribution in [0.1, 0.15) is 10.4 Å². The Labute approximate surface area is 175 Å². The van der Waals surface area contributed by atoms with Crippen molar-refractivity contribution in [3.05, 3.63) is 88.7 Å². The molecular weight excluding hydrogens is 441 g/mol. The maximum absolute atomic E-state index is 13.8. The number of halogens is 4. The first-order chi connectivity index (χ1) is 14.1. The Bertz CT molecular complexity index is 1220. The van der Waals surface area contributed by atoms with Gasteiger partial charge in [-0.15, -0.1) is 0 Å². The van der Waals surface area contributed by atoms with Crippen molar-refractivity contribution in [2.24, 2.45) is 0 Å². The Hall–Kier alpha value is -3.04. The van der Waals surface area contributed by atoms with E-state index < -0.39 is 39.1 Å². The summed E-state index contributed by atoms with van der Waals surface area (Å²) in [6.45, 7) is 0. The molecule has 0 bridgehead atoms. The fraction of sp³-hybridized carbons (Fsp3) is 0.0500. The molecule has 0 unspecified atom stereocenters. The topological polar surface area (TPSA) is 66.5 Å². The van der Waals surface area contributed by atoms with Gasteiger partial charge < -0.3 is 5.32 Å². The van der Waals surface area contributed by atoms with Crippen LogP contribution in [0.3, 0.4) is 0 Å². The average molecular weight is 455 g/mol. The van der Waals surface area contributed by atoms with Crippen molar-refractivity contribution >= 4 is 38.9 Å². The van der Waals surface area contributed by atoms with Crippen LogP contribution < -0.4 is 9.62 Å². The molecule has 0 radical (unpaired) electrons. The predicted molar refractivity (Wildman–Crippen MR) is 108 cm³/mol. The highest BCUT2D eigenvalue weighted by Gasteiger charge is 2.26. The van der Waals surface area contributed by atoms with Crippen LogP contribution in [0.2, 0.25) is 5.02 Å². The molecule has 10 heteroatoms. The zero-order chi connectivity index (χ0) is 22.1. The van der Waals surface area contributed by atoms with Gasteiger partial charge in [-0.2, -0.15) is 0 Å². The summed E-state index contributed by atoms with van der Waals surface area (Å²) >= 11 is 6.05. The molecule has 0 saturated carbocycles. The van der Waals surface area contributed by atoms with Crippen molar-refractivity contribution in [1.82, 2.24) is 0 Å². The van der Waals surface area contributed by atoms with E-state index in [0.29, 0.717) is 11.8 Å². The molecule has 1 amide bonds. The number of sulfonamides is 1. The second-order valence-electron chi connectivity index (χ2n) is 6.13. The lowest BCUT2D eigenvalue weighted by molar-refractivity contribution is 0.102. The van der Waals surface area contributed by atoms with E-state index in [1.54, 1.807) is 30.3 Å². The van der Waals surface area contributed by atoms with Gasteiger partial charge in [0.1, 0.15) is 4.90 Å². The molecule has 0 atom stereocenters. The number of carbonyl (C=O) groups is 1. The summed E-state index contributed by atoms with van der Waals surface area (Å²) in [5.74, 6) is -5.66. The Morgan fingerprint density at radius 2 is 1.63 bits per heavy atom. The van der Waals surface area contributed by atoms with Crippen molar-refractivity contribution in [2.45, 2.75) is 4.90 Å². The van der Waals surface area contributed by atoms with Gasteiger partial charge in [-0.1, -0.05) is 29.8 Å². The normalized spacial score (nSPS) is 11.2. The largest absolute Gasteiger partial charge is 0.319 e. The summed E-state index contributed by atoms with van der Waals surface area (Å²) in [5, 5.41) is 1.95. The Balaban J connectivity index is 1.95. The number of benzene rings is 3. The van der Waals surface area contributed by atoms with Gasteiger partial charge >= 0.3 is 0 Å². The first-order valence-corrected chi connectivity index (χ1v) is 10.2. The van der Waals surface area contributed by atoms with Crippen LogP contribution >= 0.6 is 11.6 Å². The Morgan fingerprint density at radius 3 is 2.30 bits per heavy atom. The number of nitrogens with zero attached hydrogens (tertiary/aromatic N) is 1. The predicted octanol–water partition coefficient (Wildman–Crippen LogP) is 4.83. The Morgan fingerprint density at radius 1 is 0.967 bits per heavy atom. The van der Waals surface area contributed by atoms with Crippen molar-refractivity contribution in [3.63, 3.8) is 0 Å². The number of nitrogens with one attached hydrogen (secondary N) is 1. The van der Waals surface area contributed by atoms with E-state index in [2.05, 4.69) is 5.32 Å². The van der Waals surface area contributed by atoms with Gasteiger partial charge in [0, 0.05) is 12.6 Å². The number of anilines is 2. The molecule has 0 aromatic heterocycles. The first kappa shape index (κ1) is 21.7. The van der Waals surface area contributed by atoms with Gasteiger partial charge in [0.15, 0.2) is 17.5 Å². The third-order valence-electron chi connectivity index (χ3n) is 4.24. The highest BCUT2D eigenvalue weighted by Crippen LogP contribution is 2.29. The second kappa shape index (κ2) is 8.37. The van der Waals surface area contributed by atoms with Crippen molar-refractivity contribution in [2.75, 3.05) is 16.7 Å². The zero-order valence-electron chi connectivity index (χ0n) is 15.4. The van der Waals surface area contributed by atoms with Gasteiger partial charge in [0.2, 0.25) is 0 Å². The minimum absolute atomic E-state index is 0.131. The third kappa shape index (κ3) is 4.12. The molecule has 3 rings (SSSR count). The number of carbonyl (C=O) groups excluding carboxylic acids is 1. The molecule has 3 aromatic rings. The van der Waals surface area contributed by atoms with Gasteiger partial charge in [-0.3, -0.25) is 9.10 Å².